The lowest BCUT2D eigenvalue weighted by Crippen LogP contribution is -2.42. The van der Waals surface area contributed by atoms with Gasteiger partial charge in [0.05, 0.1) is 17.0 Å². The van der Waals surface area contributed by atoms with Gasteiger partial charge in [-0.25, -0.2) is 4.98 Å². The van der Waals surface area contributed by atoms with Gasteiger partial charge in [0.25, 0.3) is 0 Å². The van der Waals surface area contributed by atoms with Crippen molar-refractivity contribution in [2.45, 2.75) is 44.8 Å². The normalized spacial score (nSPS) is 24.5. The van der Waals surface area contributed by atoms with Crippen molar-refractivity contribution in [2.24, 2.45) is 0 Å². The summed E-state index contributed by atoms with van der Waals surface area (Å²) >= 11 is 1.77. The molecule has 1 unspecified atom stereocenters. The Bertz CT molecular complexity index is 757. The number of nitrogens with zero attached hydrogens (tertiary/aromatic N) is 2. The maximum absolute atomic E-state index is 12.5. The van der Waals surface area contributed by atoms with Crippen LogP contribution in [0.2, 0.25) is 0 Å². The Hall–Kier alpha value is -1.72. The van der Waals surface area contributed by atoms with E-state index in [9.17, 15) is 4.79 Å². The number of Topliss-reactive ketones (excluding diaryl/α,β-unsaturated/α-hetero) is 1. The minimum Gasteiger partial charge on any atom is -0.486 e. The standard InChI is InChI=1S/C19H22N2O2S/c1-14-20-12-15(24-14)13-21-9-4-7-19(8-10-21)11-17(22)16-5-2-3-6-18(16)23-19/h2-3,5-6,12H,4,7-11,13H2,1H3. The molecular weight excluding hydrogens is 320 g/mol. The average Bonchev–Trinajstić information content (AvgIpc) is 2.88. The second-order valence-corrected chi connectivity index (χ2v) is 8.18. The highest BCUT2D eigenvalue weighted by Crippen LogP contribution is 2.39. The Morgan fingerprint density at radius 2 is 2.17 bits per heavy atom. The predicted octanol–water partition coefficient (Wildman–Crippen LogP) is 3.84. The van der Waals surface area contributed by atoms with E-state index in [0.717, 1.165) is 55.2 Å². The minimum atomic E-state index is -0.316. The van der Waals surface area contributed by atoms with Gasteiger partial charge in [-0.2, -0.15) is 0 Å². The molecular formula is C19H22N2O2S. The fourth-order valence-corrected chi connectivity index (χ4v) is 4.64. The number of aryl methyl sites for hydroxylation is 1. The zero-order valence-corrected chi connectivity index (χ0v) is 14.8. The summed E-state index contributed by atoms with van der Waals surface area (Å²) in [4.78, 5) is 20.7. The number of fused-ring (bicyclic) bond motifs is 1. The zero-order chi connectivity index (χ0) is 16.6. The summed E-state index contributed by atoms with van der Waals surface area (Å²) in [7, 11) is 0. The topological polar surface area (TPSA) is 42.4 Å². The van der Waals surface area contributed by atoms with Crippen LogP contribution in [0.5, 0.6) is 5.75 Å². The molecule has 1 atom stereocenters. The van der Waals surface area contributed by atoms with Crippen molar-refractivity contribution in [1.29, 1.82) is 0 Å². The number of benzene rings is 1. The van der Waals surface area contributed by atoms with Crippen molar-refractivity contribution >= 4 is 17.1 Å². The fourth-order valence-electron chi connectivity index (χ4n) is 3.80. The van der Waals surface area contributed by atoms with Crippen LogP contribution in [-0.2, 0) is 6.54 Å². The van der Waals surface area contributed by atoms with Gasteiger partial charge >= 0.3 is 0 Å². The number of ketones is 1. The van der Waals surface area contributed by atoms with Crippen molar-refractivity contribution < 1.29 is 9.53 Å². The van der Waals surface area contributed by atoms with Gasteiger partial charge in [0.2, 0.25) is 0 Å². The molecule has 3 heterocycles. The molecule has 0 N–H and O–H groups in total. The number of likely N-dealkylation sites (tertiary alicyclic amines) is 1. The number of hydrogen-bond acceptors (Lipinski definition) is 5. The lowest BCUT2D eigenvalue weighted by Gasteiger charge is -2.37. The molecule has 126 valence electrons. The summed E-state index contributed by atoms with van der Waals surface area (Å²) in [5.74, 6) is 0.990. The number of rotatable bonds is 2. The van der Waals surface area contributed by atoms with Crippen LogP contribution in [0.3, 0.4) is 0 Å². The fraction of sp³-hybridized carbons (Fsp3) is 0.474. The summed E-state index contributed by atoms with van der Waals surface area (Å²) in [5, 5.41) is 1.12. The maximum Gasteiger partial charge on any atom is 0.170 e. The molecule has 0 amide bonds. The third-order valence-corrected chi connectivity index (χ3v) is 5.93. The first-order valence-electron chi connectivity index (χ1n) is 8.58. The number of para-hydroxylation sites is 1. The monoisotopic (exact) mass is 342 g/mol. The molecule has 1 fully saturated rings. The second-order valence-electron chi connectivity index (χ2n) is 6.86. The smallest absolute Gasteiger partial charge is 0.170 e. The van der Waals surface area contributed by atoms with E-state index in [4.69, 9.17) is 4.74 Å². The van der Waals surface area contributed by atoms with Gasteiger partial charge in [-0.05, 0) is 38.4 Å². The molecule has 1 saturated heterocycles. The van der Waals surface area contributed by atoms with E-state index in [0.29, 0.717) is 6.42 Å². The predicted molar refractivity (Wildman–Crippen MR) is 94.7 cm³/mol. The van der Waals surface area contributed by atoms with E-state index in [-0.39, 0.29) is 11.4 Å². The lowest BCUT2D eigenvalue weighted by atomic mass is 9.84. The summed E-state index contributed by atoms with van der Waals surface area (Å²) in [6.45, 7) is 5.01. The number of aromatic nitrogens is 1. The zero-order valence-electron chi connectivity index (χ0n) is 14.0. The molecule has 0 bridgehead atoms. The van der Waals surface area contributed by atoms with Crippen LogP contribution in [-0.4, -0.2) is 34.4 Å². The lowest BCUT2D eigenvalue weighted by molar-refractivity contribution is 0.0299. The van der Waals surface area contributed by atoms with Crippen LogP contribution < -0.4 is 4.74 Å². The molecule has 24 heavy (non-hydrogen) atoms. The molecule has 0 aliphatic carbocycles. The molecule has 1 aromatic carbocycles. The maximum atomic E-state index is 12.5. The van der Waals surface area contributed by atoms with Gasteiger partial charge in [0, 0.05) is 30.6 Å². The molecule has 2 aromatic rings. The van der Waals surface area contributed by atoms with Crippen LogP contribution in [0, 0.1) is 6.92 Å². The molecule has 5 heteroatoms. The van der Waals surface area contributed by atoms with Crippen molar-refractivity contribution in [2.75, 3.05) is 13.1 Å². The Balaban J connectivity index is 1.48. The molecule has 4 rings (SSSR count). The van der Waals surface area contributed by atoms with Crippen LogP contribution in [0.4, 0.5) is 0 Å². The molecule has 0 radical (unpaired) electrons. The largest absolute Gasteiger partial charge is 0.486 e. The van der Waals surface area contributed by atoms with E-state index >= 15 is 0 Å². The number of ether oxygens (including phenoxy) is 1. The van der Waals surface area contributed by atoms with Gasteiger partial charge in [0.1, 0.15) is 11.4 Å². The SMILES string of the molecule is Cc1ncc(CN2CCCC3(CC2)CC(=O)c2ccccc2O3)s1. The highest BCUT2D eigenvalue weighted by molar-refractivity contribution is 7.11. The molecule has 2 aliphatic heterocycles. The highest BCUT2D eigenvalue weighted by Gasteiger charge is 2.41. The summed E-state index contributed by atoms with van der Waals surface area (Å²) < 4.78 is 6.36. The van der Waals surface area contributed by atoms with Crippen molar-refractivity contribution in [3.8, 4) is 5.75 Å². The second kappa shape index (κ2) is 6.30. The van der Waals surface area contributed by atoms with Gasteiger partial charge in [-0.15, -0.1) is 11.3 Å². The number of hydrogen-bond donors (Lipinski definition) is 0. The van der Waals surface area contributed by atoms with Crippen LogP contribution >= 0.6 is 11.3 Å². The summed E-state index contributed by atoms with van der Waals surface area (Å²) in [6, 6.07) is 7.65. The van der Waals surface area contributed by atoms with Gasteiger partial charge in [-0.3, -0.25) is 9.69 Å². The summed E-state index contributed by atoms with van der Waals surface area (Å²) in [5.41, 5.74) is 0.424. The third kappa shape index (κ3) is 3.10. The first-order valence-corrected chi connectivity index (χ1v) is 9.40. The average molecular weight is 342 g/mol. The molecule has 1 aromatic heterocycles. The van der Waals surface area contributed by atoms with Gasteiger partial charge < -0.3 is 4.74 Å². The Morgan fingerprint density at radius 1 is 1.29 bits per heavy atom. The number of carbonyl (C=O) groups is 1. The van der Waals surface area contributed by atoms with E-state index < -0.39 is 0 Å². The first kappa shape index (κ1) is 15.8. The number of carbonyl (C=O) groups excluding carboxylic acids is 1. The molecule has 0 saturated carbocycles. The number of thiazole rings is 1. The van der Waals surface area contributed by atoms with Crippen LogP contribution in [0.15, 0.2) is 30.5 Å². The van der Waals surface area contributed by atoms with E-state index in [1.54, 1.807) is 11.3 Å². The minimum absolute atomic E-state index is 0.225. The van der Waals surface area contributed by atoms with Crippen molar-refractivity contribution in [1.82, 2.24) is 9.88 Å². The molecule has 4 nitrogen and oxygen atoms in total. The molecule has 2 aliphatic rings. The van der Waals surface area contributed by atoms with E-state index in [1.165, 1.54) is 4.88 Å². The van der Waals surface area contributed by atoms with E-state index in [2.05, 4.69) is 9.88 Å². The Kier molecular flexibility index (Phi) is 4.14. The van der Waals surface area contributed by atoms with Crippen molar-refractivity contribution in [3.05, 3.63) is 45.9 Å². The quantitative estimate of drug-likeness (QED) is 0.831. The van der Waals surface area contributed by atoms with Crippen LogP contribution in [0.1, 0.15) is 45.9 Å². The Labute approximate surface area is 146 Å². The van der Waals surface area contributed by atoms with Gasteiger partial charge in [-0.1, -0.05) is 12.1 Å². The van der Waals surface area contributed by atoms with E-state index in [1.807, 2.05) is 37.4 Å². The van der Waals surface area contributed by atoms with Crippen molar-refractivity contribution in [3.63, 3.8) is 0 Å². The first-order chi connectivity index (χ1) is 11.6. The van der Waals surface area contributed by atoms with Gasteiger partial charge in [0.15, 0.2) is 5.78 Å². The Morgan fingerprint density at radius 3 is 3.00 bits per heavy atom. The molecule has 1 spiro atoms. The highest BCUT2D eigenvalue weighted by atomic mass is 32.1. The third-order valence-electron chi connectivity index (χ3n) is 5.04. The summed E-state index contributed by atoms with van der Waals surface area (Å²) in [6.07, 6.45) is 5.42. The van der Waals surface area contributed by atoms with Crippen LogP contribution in [0.25, 0.3) is 0 Å².